The van der Waals surface area contributed by atoms with E-state index in [1.165, 1.54) is 74.7 Å². The number of nitrogens with zero attached hydrogens (tertiary/aromatic N) is 5. The zero-order chi connectivity index (χ0) is 37.2. The van der Waals surface area contributed by atoms with Crippen LogP contribution < -0.4 is 0 Å². The Bertz CT molecular complexity index is 3690. The molecule has 0 unspecified atom stereocenters. The molecule has 0 N–H and O–H groups in total. The van der Waals surface area contributed by atoms with Gasteiger partial charge in [-0.2, -0.15) is 0 Å². The summed E-state index contributed by atoms with van der Waals surface area (Å²) in [5, 5.41) is 9.93. The summed E-state index contributed by atoms with van der Waals surface area (Å²) in [7, 11) is 0. The van der Waals surface area contributed by atoms with Crippen molar-refractivity contribution < 1.29 is 0 Å². The topological polar surface area (TPSA) is 48.0 Å². The van der Waals surface area contributed by atoms with Gasteiger partial charge in [-0.3, -0.25) is 0 Å². The summed E-state index contributed by atoms with van der Waals surface area (Å²) >= 11 is 1.84. The molecule has 0 fully saturated rings. The molecule has 8 aromatic carbocycles. The fourth-order valence-corrected chi connectivity index (χ4v) is 10.5. The Balaban J connectivity index is 1.17. The van der Waals surface area contributed by atoms with Crippen LogP contribution in [0.15, 0.2) is 176 Å². The molecule has 0 bridgehead atoms. The standard InChI is InChI=1S/C51H29N5S/c1-3-15-30(16-4-1)49-52-50(31-17-5-2-6-18-31)54-51(53-49)36-27-28-42(48-44(36)35-22-10-14-26-43(35)57-48)56-40-24-12-8-20-33(40)38-29-37-32-19-7-11-23-39(32)55-41-25-13-9-21-34(41)45(46(37)55)47(38)56/h1-29H. The molecule has 0 atom stereocenters. The van der Waals surface area contributed by atoms with Crippen molar-refractivity contribution in [1.82, 2.24) is 23.9 Å². The molecule has 13 rings (SSSR count). The van der Waals surface area contributed by atoms with Crippen LogP contribution in [0.5, 0.6) is 0 Å². The lowest BCUT2D eigenvalue weighted by Gasteiger charge is -2.14. The van der Waals surface area contributed by atoms with Crippen LogP contribution in [0.4, 0.5) is 0 Å². The minimum Gasteiger partial charge on any atom is -0.308 e. The van der Waals surface area contributed by atoms with Gasteiger partial charge in [0, 0.05) is 64.5 Å². The smallest absolute Gasteiger partial charge is 0.164 e. The van der Waals surface area contributed by atoms with Gasteiger partial charge < -0.3 is 8.97 Å². The molecular formula is C51H29N5S. The number of aromatic nitrogens is 5. The molecule has 0 saturated heterocycles. The first-order valence-electron chi connectivity index (χ1n) is 19.2. The lowest BCUT2D eigenvalue weighted by atomic mass is 10.0. The molecule has 6 heteroatoms. The summed E-state index contributed by atoms with van der Waals surface area (Å²) in [4.78, 5) is 15.4. The van der Waals surface area contributed by atoms with Crippen molar-refractivity contribution in [3.8, 4) is 39.9 Å². The molecule has 0 aliphatic heterocycles. The number of thiophene rings is 1. The van der Waals surface area contributed by atoms with Crippen molar-refractivity contribution in [3.05, 3.63) is 176 Å². The summed E-state index contributed by atoms with van der Waals surface area (Å²) < 4.78 is 7.42. The number of hydrogen-bond acceptors (Lipinski definition) is 4. The highest BCUT2D eigenvalue weighted by atomic mass is 32.1. The van der Waals surface area contributed by atoms with Crippen molar-refractivity contribution >= 4 is 91.4 Å². The summed E-state index contributed by atoms with van der Waals surface area (Å²) in [5.74, 6) is 1.96. The van der Waals surface area contributed by atoms with Gasteiger partial charge in [-0.15, -0.1) is 11.3 Å². The van der Waals surface area contributed by atoms with Crippen LogP contribution in [0.1, 0.15) is 0 Å². The van der Waals surface area contributed by atoms with E-state index in [1.807, 2.05) is 47.7 Å². The Morgan fingerprint density at radius 1 is 0.386 bits per heavy atom. The fraction of sp³-hybridized carbons (Fsp3) is 0. The molecule has 0 spiro atoms. The van der Waals surface area contributed by atoms with Crippen molar-refractivity contribution in [1.29, 1.82) is 0 Å². The normalized spacial score (nSPS) is 12.2. The third-order valence-electron chi connectivity index (χ3n) is 11.7. The van der Waals surface area contributed by atoms with E-state index in [0.29, 0.717) is 17.5 Å². The van der Waals surface area contributed by atoms with Crippen LogP contribution in [0, 0.1) is 0 Å². The zero-order valence-electron chi connectivity index (χ0n) is 30.4. The van der Waals surface area contributed by atoms with Gasteiger partial charge in [0.25, 0.3) is 0 Å². The number of fused-ring (bicyclic) bond motifs is 13. The largest absolute Gasteiger partial charge is 0.308 e. The molecule has 5 heterocycles. The lowest BCUT2D eigenvalue weighted by molar-refractivity contribution is 1.08. The monoisotopic (exact) mass is 743 g/mol. The number of hydrogen-bond donors (Lipinski definition) is 0. The summed E-state index contributed by atoms with van der Waals surface area (Å²) in [6.45, 7) is 0. The molecule has 0 aliphatic rings. The van der Waals surface area contributed by atoms with Crippen molar-refractivity contribution in [3.63, 3.8) is 0 Å². The summed E-state index contributed by atoms with van der Waals surface area (Å²) in [6, 6.07) is 62.7. The van der Waals surface area contributed by atoms with E-state index in [-0.39, 0.29) is 0 Å². The van der Waals surface area contributed by atoms with Gasteiger partial charge in [-0.25, -0.2) is 15.0 Å². The second-order valence-electron chi connectivity index (χ2n) is 14.7. The molecule has 5 nitrogen and oxygen atoms in total. The van der Waals surface area contributed by atoms with Gasteiger partial charge in [-0.05, 0) is 42.5 Å². The quantitative estimate of drug-likeness (QED) is 0.180. The van der Waals surface area contributed by atoms with Crippen molar-refractivity contribution in [2.24, 2.45) is 0 Å². The molecule has 0 aliphatic carbocycles. The van der Waals surface area contributed by atoms with Gasteiger partial charge in [0.05, 0.1) is 38.0 Å². The zero-order valence-corrected chi connectivity index (χ0v) is 31.2. The molecule has 0 saturated carbocycles. The molecule has 0 amide bonds. The Kier molecular flexibility index (Phi) is 6.26. The Labute approximate surface area is 329 Å². The predicted octanol–water partition coefficient (Wildman–Crippen LogP) is 13.5. The Morgan fingerprint density at radius 3 is 1.61 bits per heavy atom. The molecular weight excluding hydrogens is 715 g/mol. The maximum Gasteiger partial charge on any atom is 0.164 e. The third-order valence-corrected chi connectivity index (χ3v) is 12.9. The van der Waals surface area contributed by atoms with Crippen LogP contribution >= 0.6 is 11.3 Å². The molecule has 0 radical (unpaired) electrons. The summed E-state index contributed by atoms with van der Waals surface area (Å²) in [6.07, 6.45) is 0. The maximum absolute atomic E-state index is 5.22. The van der Waals surface area contributed by atoms with Crippen LogP contribution in [-0.2, 0) is 0 Å². The van der Waals surface area contributed by atoms with E-state index in [1.54, 1.807) is 0 Å². The van der Waals surface area contributed by atoms with Crippen LogP contribution in [-0.4, -0.2) is 23.9 Å². The highest BCUT2D eigenvalue weighted by Gasteiger charge is 2.26. The Hall–Kier alpha value is -7.41. The molecule has 57 heavy (non-hydrogen) atoms. The van der Waals surface area contributed by atoms with Gasteiger partial charge in [0.2, 0.25) is 0 Å². The van der Waals surface area contributed by atoms with E-state index in [4.69, 9.17) is 15.0 Å². The van der Waals surface area contributed by atoms with Crippen LogP contribution in [0.25, 0.3) is 120 Å². The first kappa shape index (κ1) is 30.9. The predicted molar refractivity (Wildman–Crippen MR) is 238 cm³/mol. The maximum atomic E-state index is 5.22. The second-order valence-corrected chi connectivity index (χ2v) is 15.8. The van der Waals surface area contributed by atoms with Crippen LogP contribution in [0.2, 0.25) is 0 Å². The highest BCUT2D eigenvalue weighted by Crippen LogP contribution is 2.49. The van der Waals surface area contributed by atoms with E-state index in [9.17, 15) is 0 Å². The van der Waals surface area contributed by atoms with E-state index >= 15 is 0 Å². The Morgan fingerprint density at radius 2 is 0.912 bits per heavy atom. The van der Waals surface area contributed by atoms with E-state index < -0.39 is 0 Å². The second kappa shape index (κ2) is 11.6. The number of rotatable bonds is 4. The molecule has 264 valence electrons. The fourth-order valence-electron chi connectivity index (χ4n) is 9.31. The molecule has 5 aromatic heterocycles. The number of para-hydroxylation sites is 3. The lowest BCUT2D eigenvalue weighted by Crippen LogP contribution is -2.01. The average molecular weight is 744 g/mol. The SMILES string of the molecule is c1ccc(-c2nc(-c3ccccc3)nc(-c3ccc(-n4c5ccccc5c5cc6c7ccccc7n7c8ccccc8c(c54)c67)c4sc5ccccc5c34)n2)cc1. The highest BCUT2D eigenvalue weighted by molar-refractivity contribution is 7.26. The van der Waals surface area contributed by atoms with E-state index in [0.717, 1.165) is 27.8 Å². The van der Waals surface area contributed by atoms with Crippen LogP contribution in [0.3, 0.4) is 0 Å². The number of benzene rings is 8. The van der Waals surface area contributed by atoms with Gasteiger partial charge in [-0.1, -0.05) is 133 Å². The molecule has 13 aromatic rings. The van der Waals surface area contributed by atoms with Gasteiger partial charge in [0.15, 0.2) is 17.5 Å². The first-order valence-corrected chi connectivity index (χ1v) is 20.0. The first-order chi connectivity index (χ1) is 28.3. The average Bonchev–Trinajstić information content (AvgIpc) is 4.02. The third kappa shape index (κ3) is 4.25. The minimum absolute atomic E-state index is 0.653. The minimum atomic E-state index is 0.653. The summed E-state index contributed by atoms with van der Waals surface area (Å²) in [5.41, 5.74) is 10.2. The van der Waals surface area contributed by atoms with Gasteiger partial charge >= 0.3 is 0 Å². The van der Waals surface area contributed by atoms with Crippen molar-refractivity contribution in [2.75, 3.05) is 0 Å². The van der Waals surface area contributed by atoms with Gasteiger partial charge in [0.1, 0.15) is 0 Å². The van der Waals surface area contributed by atoms with Crippen molar-refractivity contribution in [2.45, 2.75) is 0 Å². The van der Waals surface area contributed by atoms with E-state index in [2.05, 4.69) is 148 Å².